The molecule has 5 heteroatoms. The second kappa shape index (κ2) is 6.98. The number of hydrogen-bond donors (Lipinski definition) is 0. The predicted molar refractivity (Wildman–Crippen MR) is 89.4 cm³/mol. The van der Waals surface area contributed by atoms with Crippen molar-refractivity contribution in [1.29, 1.82) is 0 Å². The molecule has 0 saturated heterocycles. The molecule has 0 aliphatic heterocycles. The first-order valence-electron chi connectivity index (χ1n) is 7.20. The molecule has 0 aliphatic carbocycles. The largest absolute Gasteiger partial charge is 0.344 e. The maximum Gasteiger partial charge on any atom is 0.242 e. The van der Waals surface area contributed by atoms with Crippen molar-refractivity contribution in [1.82, 2.24) is 14.5 Å². The highest BCUT2D eigenvalue weighted by molar-refractivity contribution is 7.97. The van der Waals surface area contributed by atoms with E-state index in [1.54, 1.807) is 11.8 Å². The number of benzene rings is 1. The highest BCUT2D eigenvalue weighted by Gasteiger charge is 2.16. The van der Waals surface area contributed by atoms with Crippen LogP contribution in [0.5, 0.6) is 0 Å². The number of fused-ring (bicyclic) bond motifs is 1. The van der Waals surface area contributed by atoms with E-state index < -0.39 is 0 Å². The van der Waals surface area contributed by atoms with Crippen molar-refractivity contribution < 1.29 is 4.79 Å². The molecule has 0 bridgehead atoms. The van der Waals surface area contributed by atoms with Gasteiger partial charge in [0.05, 0.1) is 16.8 Å². The van der Waals surface area contributed by atoms with Gasteiger partial charge in [-0.15, -0.1) is 0 Å². The Balaban J connectivity index is 2.27. The lowest BCUT2D eigenvalue weighted by Crippen LogP contribution is -2.33. The summed E-state index contributed by atoms with van der Waals surface area (Å²) in [5.74, 6) is 2.39. The Morgan fingerprint density at radius 3 is 2.76 bits per heavy atom. The minimum atomic E-state index is 0.134. The van der Waals surface area contributed by atoms with Crippen molar-refractivity contribution in [3.63, 3.8) is 0 Å². The number of likely N-dealkylation sites (N-methyl/N-ethyl adjacent to an activating group) is 1. The summed E-state index contributed by atoms with van der Waals surface area (Å²) in [4.78, 5) is 18.9. The van der Waals surface area contributed by atoms with Crippen LogP contribution in [0.3, 0.4) is 0 Å². The lowest BCUT2D eigenvalue weighted by Gasteiger charge is -2.20. The number of aromatic nitrogens is 2. The van der Waals surface area contributed by atoms with E-state index >= 15 is 0 Å². The average Bonchev–Trinajstić information content (AvgIpc) is 2.76. The lowest BCUT2D eigenvalue weighted by molar-refractivity contribution is -0.130. The van der Waals surface area contributed by atoms with Crippen molar-refractivity contribution in [3.8, 4) is 0 Å². The number of imidazole rings is 1. The van der Waals surface area contributed by atoms with E-state index in [1.165, 1.54) is 0 Å². The Hall–Kier alpha value is -1.49. The van der Waals surface area contributed by atoms with E-state index in [1.807, 2.05) is 40.8 Å². The Morgan fingerprint density at radius 1 is 1.38 bits per heavy atom. The molecule has 2 rings (SSSR count). The molecule has 1 aromatic heterocycles. The van der Waals surface area contributed by atoms with Gasteiger partial charge in [0, 0.05) is 13.6 Å². The van der Waals surface area contributed by atoms with Crippen LogP contribution in [0.2, 0.25) is 0 Å². The third-order valence-corrected chi connectivity index (χ3v) is 3.91. The highest BCUT2D eigenvalue weighted by Crippen LogP contribution is 2.19. The van der Waals surface area contributed by atoms with Gasteiger partial charge < -0.3 is 9.47 Å². The van der Waals surface area contributed by atoms with Crippen LogP contribution in [-0.2, 0) is 17.1 Å². The SMILES string of the molecule is CSCc1nc2ccccc2n1CC(=O)N(C)CC(C)C. The summed E-state index contributed by atoms with van der Waals surface area (Å²) in [5.41, 5.74) is 1.99. The lowest BCUT2D eigenvalue weighted by atomic mass is 10.2. The van der Waals surface area contributed by atoms with Gasteiger partial charge >= 0.3 is 0 Å². The minimum absolute atomic E-state index is 0.134. The van der Waals surface area contributed by atoms with Gasteiger partial charge in [0.25, 0.3) is 0 Å². The normalized spacial score (nSPS) is 11.3. The number of carbonyl (C=O) groups excluding carboxylic acids is 1. The molecule has 0 radical (unpaired) electrons. The highest BCUT2D eigenvalue weighted by atomic mass is 32.2. The van der Waals surface area contributed by atoms with E-state index in [-0.39, 0.29) is 5.91 Å². The van der Waals surface area contributed by atoms with Crippen molar-refractivity contribution >= 4 is 28.7 Å². The summed E-state index contributed by atoms with van der Waals surface area (Å²) in [7, 11) is 1.87. The van der Waals surface area contributed by atoms with Crippen molar-refractivity contribution in [3.05, 3.63) is 30.1 Å². The molecule has 114 valence electrons. The molecule has 0 N–H and O–H groups in total. The van der Waals surface area contributed by atoms with Crippen LogP contribution >= 0.6 is 11.8 Å². The molecular weight excluding hydrogens is 282 g/mol. The molecule has 1 heterocycles. The first-order valence-corrected chi connectivity index (χ1v) is 8.59. The average molecular weight is 305 g/mol. The van der Waals surface area contributed by atoms with Crippen LogP contribution in [0, 0.1) is 5.92 Å². The molecule has 2 aromatic rings. The van der Waals surface area contributed by atoms with Gasteiger partial charge in [-0.1, -0.05) is 26.0 Å². The Labute approximate surface area is 130 Å². The van der Waals surface area contributed by atoms with Crippen LogP contribution < -0.4 is 0 Å². The van der Waals surface area contributed by atoms with Crippen molar-refractivity contribution in [2.24, 2.45) is 5.92 Å². The monoisotopic (exact) mass is 305 g/mol. The van der Waals surface area contributed by atoms with Crippen molar-refractivity contribution in [2.45, 2.75) is 26.1 Å². The fourth-order valence-electron chi connectivity index (χ4n) is 2.45. The summed E-state index contributed by atoms with van der Waals surface area (Å²) in [6, 6.07) is 8.00. The molecule has 0 aliphatic rings. The Kier molecular flexibility index (Phi) is 5.28. The Bertz CT molecular complexity index is 621. The third kappa shape index (κ3) is 3.79. The van der Waals surface area contributed by atoms with Crippen LogP contribution in [-0.4, -0.2) is 40.2 Å². The zero-order valence-corrected chi connectivity index (χ0v) is 14.0. The third-order valence-electron chi connectivity index (χ3n) is 3.37. The molecule has 21 heavy (non-hydrogen) atoms. The number of amides is 1. The zero-order chi connectivity index (χ0) is 15.4. The van der Waals surface area contributed by atoms with E-state index in [4.69, 9.17) is 0 Å². The second-order valence-corrected chi connectivity index (χ2v) is 6.57. The molecular formula is C16H23N3OS. The molecule has 0 saturated carbocycles. The summed E-state index contributed by atoms with van der Waals surface area (Å²) in [5, 5.41) is 0. The number of hydrogen-bond acceptors (Lipinski definition) is 3. The maximum absolute atomic E-state index is 12.4. The standard InChI is InChI=1S/C16H23N3OS/c1-12(2)9-18(3)16(20)10-19-14-8-6-5-7-13(14)17-15(19)11-21-4/h5-8,12H,9-11H2,1-4H3. The van der Waals surface area contributed by atoms with Gasteiger partial charge in [-0.05, 0) is 24.3 Å². The predicted octanol–water partition coefficient (Wildman–Crippen LogP) is 3.01. The Morgan fingerprint density at radius 2 is 2.10 bits per heavy atom. The summed E-state index contributed by atoms with van der Waals surface area (Å²) < 4.78 is 2.05. The topological polar surface area (TPSA) is 38.1 Å². The number of rotatable bonds is 6. The molecule has 1 aromatic carbocycles. The maximum atomic E-state index is 12.4. The summed E-state index contributed by atoms with van der Waals surface area (Å²) in [6.45, 7) is 5.38. The van der Waals surface area contributed by atoms with Crippen LogP contribution in [0.1, 0.15) is 19.7 Å². The van der Waals surface area contributed by atoms with Crippen molar-refractivity contribution in [2.75, 3.05) is 19.8 Å². The minimum Gasteiger partial charge on any atom is -0.344 e. The fraction of sp³-hybridized carbons (Fsp3) is 0.500. The van der Waals surface area contributed by atoms with Crippen LogP contribution in [0.4, 0.5) is 0 Å². The quantitative estimate of drug-likeness (QED) is 0.823. The van der Waals surface area contributed by atoms with Gasteiger partial charge in [0.15, 0.2) is 0 Å². The van der Waals surface area contributed by atoms with E-state index in [0.29, 0.717) is 12.5 Å². The van der Waals surface area contributed by atoms with Crippen LogP contribution in [0.15, 0.2) is 24.3 Å². The van der Waals surface area contributed by atoms with Gasteiger partial charge in [-0.2, -0.15) is 11.8 Å². The van der Waals surface area contributed by atoms with Crippen LogP contribution in [0.25, 0.3) is 11.0 Å². The molecule has 0 atom stereocenters. The second-order valence-electron chi connectivity index (χ2n) is 5.70. The molecule has 0 fully saturated rings. The molecule has 0 spiro atoms. The summed E-state index contributed by atoms with van der Waals surface area (Å²) in [6.07, 6.45) is 2.05. The van der Waals surface area contributed by atoms with Gasteiger partial charge in [-0.3, -0.25) is 4.79 Å². The van der Waals surface area contributed by atoms with Gasteiger partial charge in [-0.25, -0.2) is 4.98 Å². The van der Waals surface area contributed by atoms with E-state index in [9.17, 15) is 4.79 Å². The van der Waals surface area contributed by atoms with E-state index in [0.717, 1.165) is 29.2 Å². The molecule has 1 amide bonds. The zero-order valence-electron chi connectivity index (χ0n) is 13.2. The fourth-order valence-corrected chi connectivity index (χ4v) is 2.93. The smallest absolute Gasteiger partial charge is 0.242 e. The number of thioether (sulfide) groups is 1. The number of carbonyl (C=O) groups is 1. The first-order chi connectivity index (χ1) is 10.0. The molecule has 4 nitrogen and oxygen atoms in total. The first kappa shape index (κ1) is 15.9. The van der Waals surface area contributed by atoms with Gasteiger partial charge in [0.1, 0.15) is 12.4 Å². The van der Waals surface area contributed by atoms with Gasteiger partial charge in [0.2, 0.25) is 5.91 Å². The van der Waals surface area contributed by atoms with E-state index in [2.05, 4.69) is 25.1 Å². The number of para-hydroxylation sites is 2. The summed E-state index contributed by atoms with van der Waals surface area (Å²) >= 11 is 1.72. The number of nitrogens with zero attached hydrogens (tertiary/aromatic N) is 3. The molecule has 0 unspecified atom stereocenters.